The van der Waals surface area contributed by atoms with Gasteiger partial charge in [-0.05, 0) is 55.5 Å². The standard InChI is InChI=1S/C24H25ClN4O4/c1-15-12-24(13-16(2)33-15,18-8-10-19(25)11-9-18)21(27-28-26)22(30)29-20(14-32-23(29)31)17-6-4-3-5-7-17/h3-11,15-16,20-21H,12-14H2,1-2H3/t15-,16+,20-,21-,24+/m1/s1. The minimum Gasteiger partial charge on any atom is -0.446 e. The molecule has 2 fully saturated rings. The van der Waals surface area contributed by atoms with Crippen LogP contribution in [0.5, 0.6) is 0 Å². The van der Waals surface area contributed by atoms with Crippen molar-refractivity contribution in [3.05, 3.63) is 81.2 Å². The molecule has 9 heteroatoms. The molecule has 0 N–H and O–H groups in total. The SMILES string of the molecule is C[C@@H]1C[C@](c2ccc(Cl)cc2)([C@H](N=[N+]=[N-])C(=O)N2C(=O)OC[C@@H]2c2ccccc2)C[C@H](C)O1. The Morgan fingerprint density at radius 3 is 2.39 bits per heavy atom. The molecule has 2 aliphatic rings. The van der Waals surface area contributed by atoms with E-state index in [1.54, 1.807) is 12.1 Å². The van der Waals surface area contributed by atoms with Gasteiger partial charge in [-0.25, -0.2) is 9.69 Å². The van der Waals surface area contributed by atoms with Crippen molar-refractivity contribution in [3.63, 3.8) is 0 Å². The summed E-state index contributed by atoms with van der Waals surface area (Å²) in [6, 6.07) is 14.6. The highest BCUT2D eigenvalue weighted by Crippen LogP contribution is 2.45. The number of ether oxygens (including phenoxy) is 2. The quantitative estimate of drug-likeness (QED) is 0.325. The van der Waals surface area contributed by atoms with Crippen LogP contribution in [0.25, 0.3) is 10.4 Å². The molecule has 2 aromatic rings. The summed E-state index contributed by atoms with van der Waals surface area (Å²) >= 11 is 6.12. The van der Waals surface area contributed by atoms with Crippen LogP contribution < -0.4 is 0 Å². The molecule has 0 aromatic heterocycles. The molecule has 2 saturated heterocycles. The molecule has 33 heavy (non-hydrogen) atoms. The molecule has 0 spiro atoms. The predicted molar refractivity (Wildman–Crippen MR) is 123 cm³/mol. The Morgan fingerprint density at radius 1 is 1.15 bits per heavy atom. The Balaban J connectivity index is 1.81. The molecule has 2 amide bonds. The Hall–Kier alpha value is -3.06. The number of hydrogen-bond acceptors (Lipinski definition) is 5. The van der Waals surface area contributed by atoms with Gasteiger partial charge in [0.1, 0.15) is 18.7 Å². The van der Waals surface area contributed by atoms with Crippen molar-refractivity contribution in [2.24, 2.45) is 5.11 Å². The second-order valence-electron chi connectivity index (χ2n) is 8.65. The van der Waals surface area contributed by atoms with Crippen molar-refractivity contribution >= 4 is 23.6 Å². The first kappa shape index (κ1) is 23.1. The molecule has 4 rings (SSSR count). The molecule has 0 saturated carbocycles. The third-order valence-corrected chi connectivity index (χ3v) is 6.66. The van der Waals surface area contributed by atoms with Crippen LogP contribution in [-0.4, -0.2) is 41.8 Å². The zero-order valence-electron chi connectivity index (χ0n) is 18.4. The maximum Gasteiger partial charge on any atom is 0.417 e. The average molecular weight is 469 g/mol. The van der Waals surface area contributed by atoms with E-state index in [0.29, 0.717) is 17.9 Å². The monoisotopic (exact) mass is 468 g/mol. The molecule has 0 aliphatic carbocycles. The van der Waals surface area contributed by atoms with E-state index in [1.807, 2.05) is 56.3 Å². The van der Waals surface area contributed by atoms with E-state index in [2.05, 4.69) is 10.0 Å². The molecule has 0 unspecified atom stereocenters. The van der Waals surface area contributed by atoms with E-state index >= 15 is 0 Å². The lowest BCUT2D eigenvalue weighted by atomic mass is 9.65. The third-order valence-electron chi connectivity index (χ3n) is 6.41. The highest BCUT2D eigenvalue weighted by atomic mass is 35.5. The molecule has 5 atom stereocenters. The number of carbonyl (C=O) groups is 2. The second-order valence-corrected chi connectivity index (χ2v) is 9.08. The van der Waals surface area contributed by atoms with Crippen LogP contribution >= 0.6 is 11.6 Å². The molecular formula is C24H25ClN4O4. The fourth-order valence-electron chi connectivity index (χ4n) is 5.17. The minimum atomic E-state index is -1.17. The van der Waals surface area contributed by atoms with E-state index in [1.165, 1.54) is 0 Å². The highest BCUT2D eigenvalue weighted by Gasteiger charge is 2.52. The number of hydrogen-bond donors (Lipinski definition) is 0. The van der Waals surface area contributed by atoms with Gasteiger partial charge in [-0.3, -0.25) is 4.79 Å². The molecule has 2 aromatic carbocycles. The zero-order valence-corrected chi connectivity index (χ0v) is 19.2. The van der Waals surface area contributed by atoms with Gasteiger partial charge in [0.15, 0.2) is 0 Å². The average Bonchev–Trinajstić information content (AvgIpc) is 3.18. The van der Waals surface area contributed by atoms with Crippen molar-refractivity contribution in [2.45, 2.75) is 56.4 Å². The summed E-state index contributed by atoms with van der Waals surface area (Å²) in [5, 5.41) is 4.54. The van der Waals surface area contributed by atoms with Gasteiger partial charge in [-0.15, -0.1) is 0 Å². The predicted octanol–water partition coefficient (Wildman–Crippen LogP) is 5.56. The number of rotatable bonds is 5. The van der Waals surface area contributed by atoms with Crippen LogP contribution in [-0.2, 0) is 19.7 Å². The molecule has 8 nitrogen and oxygen atoms in total. The van der Waals surface area contributed by atoms with Gasteiger partial charge < -0.3 is 9.47 Å². The van der Waals surface area contributed by atoms with E-state index < -0.39 is 29.5 Å². The van der Waals surface area contributed by atoms with E-state index in [-0.39, 0.29) is 18.8 Å². The van der Waals surface area contributed by atoms with Crippen LogP contribution in [0.4, 0.5) is 4.79 Å². The molecule has 2 aliphatic heterocycles. The number of carbonyl (C=O) groups excluding carboxylic acids is 2. The summed E-state index contributed by atoms with van der Waals surface area (Å²) in [6.07, 6.45) is -0.250. The normalized spacial score (nSPS) is 28.0. The molecule has 0 bridgehead atoms. The molecule has 0 radical (unpaired) electrons. The fourth-order valence-corrected chi connectivity index (χ4v) is 5.29. The number of azide groups is 1. The Bertz CT molecular complexity index is 1060. The van der Waals surface area contributed by atoms with Crippen molar-refractivity contribution < 1.29 is 19.1 Å². The number of imide groups is 1. The second kappa shape index (κ2) is 9.43. The summed E-state index contributed by atoms with van der Waals surface area (Å²) in [4.78, 5) is 30.8. The summed E-state index contributed by atoms with van der Waals surface area (Å²) < 4.78 is 11.2. The van der Waals surface area contributed by atoms with Gasteiger partial charge >= 0.3 is 6.09 Å². The summed E-state index contributed by atoms with van der Waals surface area (Å²) in [5.74, 6) is -0.583. The largest absolute Gasteiger partial charge is 0.446 e. The van der Waals surface area contributed by atoms with E-state index in [9.17, 15) is 15.1 Å². The maximum absolute atomic E-state index is 14.0. The number of cyclic esters (lactones) is 1. The number of benzene rings is 2. The van der Waals surface area contributed by atoms with E-state index in [0.717, 1.165) is 16.0 Å². The molecule has 2 heterocycles. The smallest absolute Gasteiger partial charge is 0.417 e. The molecular weight excluding hydrogens is 444 g/mol. The van der Waals surface area contributed by atoms with Gasteiger partial charge in [0.2, 0.25) is 5.91 Å². The van der Waals surface area contributed by atoms with Crippen molar-refractivity contribution in [3.8, 4) is 0 Å². The van der Waals surface area contributed by atoms with Crippen LogP contribution in [0.2, 0.25) is 5.02 Å². The van der Waals surface area contributed by atoms with Crippen LogP contribution in [0.1, 0.15) is 43.9 Å². The highest BCUT2D eigenvalue weighted by molar-refractivity contribution is 6.30. The van der Waals surface area contributed by atoms with Crippen molar-refractivity contribution in [1.29, 1.82) is 0 Å². The summed E-state index contributed by atoms with van der Waals surface area (Å²) in [6.45, 7) is 3.89. The lowest BCUT2D eigenvalue weighted by molar-refractivity contribution is -0.136. The number of amides is 2. The first-order chi connectivity index (χ1) is 15.9. The first-order valence-electron chi connectivity index (χ1n) is 10.9. The van der Waals surface area contributed by atoms with Gasteiger partial charge in [-0.2, -0.15) is 0 Å². The van der Waals surface area contributed by atoms with Crippen LogP contribution in [0.3, 0.4) is 0 Å². The first-order valence-corrected chi connectivity index (χ1v) is 11.2. The summed E-state index contributed by atoms with van der Waals surface area (Å²) in [7, 11) is 0. The topological polar surface area (TPSA) is 105 Å². The summed E-state index contributed by atoms with van der Waals surface area (Å²) in [5.41, 5.74) is 10.2. The van der Waals surface area contributed by atoms with Gasteiger partial charge in [0.25, 0.3) is 0 Å². The lowest BCUT2D eigenvalue weighted by Gasteiger charge is -2.46. The lowest BCUT2D eigenvalue weighted by Crippen LogP contribution is -2.55. The Kier molecular flexibility index (Phi) is 6.61. The van der Waals surface area contributed by atoms with Gasteiger partial charge in [-0.1, -0.05) is 59.2 Å². The number of nitrogens with zero attached hydrogens (tertiary/aromatic N) is 4. The van der Waals surface area contributed by atoms with Gasteiger partial charge in [0, 0.05) is 15.3 Å². The van der Waals surface area contributed by atoms with Gasteiger partial charge in [0.05, 0.1) is 12.2 Å². The fraction of sp³-hybridized carbons (Fsp3) is 0.417. The molecule has 172 valence electrons. The third kappa shape index (κ3) is 4.42. The van der Waals surface area contributed by atoms with E-state index in [4.69, 9.17) is 21.1 Å². The Morgan fingerprint density at radius 2 is 1.79 bits per heavy atom. The van der Waals surface area contributed by atoms with Crippen molar-refractivity contribution in [1.82, 2.24) is 4.90 Å². The van der Waals surface area contributed by atoms with Crippen LogP contribution in [0.15, 0.2) is 59.7 Å². The zero-order chi connectivity index (χ0) is 23.6. The Labute approximate surface area is 197 Å². The minimum absolute atomic E-state index is 0.0431. The number of halogens is 1. The maximum atomic E-state index is 14.0. The van der Waals surface area contributed by atoms with Crippen molar-refractivity contribution in [2.75, 3.05) is 6.61 Å². The van der Waals surface area contributed by atoms with Crippen LogP contribution in [0, 0.1) is 0 Å².